The number of nitrogens with one attached hydrogen (secondary N) is 1. The van der Waals surface area contributed by atoms with Crippen molar-refractivity contribution >= 4 is 22.1 Å². The van der Waals surface area contributed by atoms with E-state index >= 15 is 0 Å². The third-order valence-electron chi connectivity index (χ3n) is 3.96. The Kier molecular flexibility index (Phi) is 4.09. The van der Waals surface area contributed by atoms with Gasteiger partial charge in [-0.15, -0.1) is 11.3 Å². The van der Waals surface area contributed by atoms with Gasteiger partial charge in [-0.1, -0.05) is 36.4 Å². The summed E-state index contributed by atoms with van der Waals surface area (Å²) < 4.78 is 0. The first-order chi connectivity index (χ1) is 10.1. The minimum atomic E-state index is 0.340. The Hall–Kier alpha value is -1.64. The molecule has 1 nitrogen and oxygen atoms in total. The average molecular weight is 295 g/mol. The summed E-state index contributed by atoms with van der Waals surface area (Å²) in [6.07, 6.45) is 0. The van der Waals surface area contributed by atoms with Crippen LogP contribution in [0.15, 0.2) is 54.6 Å². The third-order valence-corrected chi connectivity index (χ3v) is 5.14. The Morgan fingerprint density at radius 3 is 2.33 bits per heavy atom. The van der Waals surface area contributed by atoms with Crippen molar-refractivity contribution in [2.75, 3.05) is 0 Å². The molecule has 2 aromatic carbocycles. The minimum absolute atomic E-state index is 0.340. The summed E-state index contributed by atoms with van der Waals surface area (Å²) >= 11 is 1.87. The number of thiophene rings is 1. The minimum Gasteiger partial charge on any atom is -0.303 e. The summed E-state index contributed by atoms with van der Waals surface area (Å²) in [5.74, 6) is 0. The Morgan fingerprint density at radius 1 is 0.857 bits per heavy atom. The van der Waals surface area contributed by atoms with E-state index in [0.717, 1.165) is 0 Å². The maximum Gasteiger partial charge on any atom is 0.0391 e. The van der Waals surface area contributed by atoms with E-state index in [-0.39, 0.29) is 0 Å². The number of aryl methyl sites for hydroxylation is 1. The van der Waals surface area contributed by atoms with Crippen molar-refractivity contribution in [2.45, 2.75) is 32.9 Å². The van der Waals surface area contributed by atoms with Crippen molar-refractivity contribution in [1.29, 1.82) is 0 Å². The molecule has 3 rings (SSSR count). The summed E-state index contributed by atoms with van der Waals surface area (Å²) in [6, 6.07) is 20.4. The van der Waals surface area contributed by atoms with Gasteiger partial charge in [0.1, 0.15) is 0 Å². The maximum absolute atomic E-state index is 3.70. The molecule has 0 saturated carbocycles. The lowest BCUT2D eigenvalue weighted by molar-refractivity contribution is 0.500. The zero-order valence-corrected chi connectivity index (χ0v) is 13.6. The van der Waals surface area contributed by atoms with E-state index in [4.69, 9.17) is 0 Å². The summed E-state index contributed by atoms with van der Waals surface area (Å²) in [4.78, 5) is 2.78. The number of benzene rings is 2. The van der Waals surface area contributed by atoms with Gasteiger partial charge < -0.3 is 5.32 Å². The first-order valence-electron chi connectivity index (χ1n) is 7.44. The van der Waals surface area contributed by atoms with Crippen LogP contribution in [0.2, 0.25) is 0 Å². The first kappa shape index (κ1) is 14.3. The topological polar surface area (TPSA) is 12.0 Å². The average Bonchev–Trinajstić information content (AvgIpc) is 2.93. The number of hydrogen-bond acceptors (Lipinski definition) is 2. The van der Waals surface area contributed by atoms with Gasteiger partial charge in [-0.05, 0) is 55.3 Å². The largest absolute Gasteiger partial charge is 0.303 e. The van der Waals surface area contributed by atoms with Gasteiger partial charge in [-0.25, -0.2) is 0 Å². The van der Waals surface area contributed by atoms with Crippen molar-refractivity contribution < 1.29 is 0 Å². The van der Waals surface area contributed by atoms with Crippen molar-refractivity contribution in [2.24, 2.45) is 0 Å². The second kappa shape index (κ2) is 6.00. The highest BCUT2D eigenvalue weighted by atomic mass is 32.1. The van der Waals surface area contributed by atoms with Crippen LogP contribution in [0.5, 0.6) is 0 Å². The second-order valence-corrected chi connectivity index (χ2v) is 6.98. The Labute approximate surface area is 130 Å². The molecule has 21 heavy (non-hydrogen) atoms. The monoisotopic (exact) mass is 295 g/mol. The van der Waals surface area contributed by atoms with E-state index in [1.165, 1.54) is 26.1 Å². The van der Waals surface area contributed by atoms with Crippen molar-refractivity contribution in [3.05, 3.63) is 69.9 Å². The summed E-state index contributed by atoms with van der Waals surface area (Å²) in [5.41, 5.74) is 1.34. The molecule has 2 unspecified atom stereocenters. The molecule has 3 aromatic rings. The molecule has 2 heteroatoms. The summed E-state index contributed by atoms with van der Waals surface area (Å²) in [7, 11) is 0. The van der Waals surface area contributed by atoms with Gasteiger partial charge in [-0.2, -0.15) is 0 Å². The Morgan fingerprint density at radius 2 is 1.62 bits per heavy atom. The van der Waals surface area contributed by atoms with E-state index in [1.807, 2.05) is 11.3 Å². The highest BCUT2D eigenvalue weighted by molar-refractivity contribution is 7.12. The van der Waals surface area contributed by atoms with Crippen molar-refractivity contribution in [3.63, 3.8) is 0 Å². The SMILES string of the molecule is Cc1ccc(C(C)NC(C)c2ccc3ccccc3c2)s1. The van der Waals surface area contributed by atoms with E-state index in [2.05, 4.69) is 80.7 Å². The van der Waals surface area contributed by atoms with E-state index in [0.29, 0.717) is 12.1 Å². The molecule has 108 valence electrons. The van der Waals surface area contributed by atoms with Crippen LogP contribution in [0.1, 0.15) is 41.2 Å². The van der Waals surface area contributed by atoms with Crippen molar-refractivity contribution in [3.8, 4) is 0 Å². The van der Waals surface area contributed by atoms with Crippen LogP contribution in [0.25, 0.3) is 10.8 Å². The molecule has 1 N–H and O–H groups in total. The van der Waals surface area contributed by atoms with Gasteiger partial charge in [0.05, 0.1) is 0 Å². The van der Waals surface area contributed by atoms with Crippen LogP contribution < -0.4 is 5.32 Å². The fourth-order valence-corrected chi connectivity index (χ4v) is 3.61. The number of rotatable bonds is 4. The van der Waals surface area contributed by atoms with Gasteiger partial charge in [0, 0.05) is 21.8 Å². The molecule has 0 aliphatic heterocycles. The lowest BCUT2D eigenvalue weighted by atomic mass is 10.0. The van der Waals surface area contributed by atoms with Gasteiger partial charge >= 0.3 is 0 Å². The summed E-state index contributed by atoms with van der Waals surface area (Å²) in [5, 5.41) is 6.31. The van der Waals surface area contributed by atoms with Crippen LogP contribution in [0.3, 0.4) is 0 Å². The molecule has 0 radical (unpaired) electrons. The predicted molar refractivity (Wildman–Crippen MR) is 93.0 cm³/mol. The Bertz CT molecular complexity index is 744. The fourth-order valence-electron chi connectivity index (χ4n) is 2.72. The molecule has 0 aliphatic carbocycles. The van der Waals surface area contributed by atoms with Gasteiger partial charge in [-0.3, -0.25) is 0 Å². The molecule has 0 bridgehead atoms. The molecule has 0 aliphatic rings. The molecule has 2 atom stereocenters. The van der Waals surface area contributed by atoms with Crippen molar-refractivity contribution in [1.82, 2.24) is 5.32 Å². The molecule has 0 spiro atoms. The number of fused-ring (bicyclic) bond motifs is 1. The zero-order valence-electron chi connectivity index (χ0n) is 12.8. The Balaban J connectivity index is 1.78. The van der Waals surface area contributed by atoms with Gasteiger partial charge in [0.15, 0.2) is 0 Å². The highest BCUT2D eigenvalue weighted by Crippen LogP contribution is 2.26. The third kappa shape index (κ3) is 3.17. The van der Waals surface area contributed by atoms with E-state index in [1.54, 1.807) is 0 Å². The predicted octanol–water partition coefficient (Wildman–Crippen LogP) is 5.62. The van der Waals surface area contributed by atoms with Gasteiger partial charge in [0.2, 0.25) is 0 Å². The van der Waals surface area contributed by atoms with E-state index < -0.39 is 0 Å². The summed E-state index contributed by atoms with van der Waals surface area (Å²) in [6.45, 7) is 6.64. The van der Waals surface area contributed by atoms with Crippen LogP contribution in [0, 0.1) is 6.92 Å². The molecule has 0 saturated heterocycles. The molecule has 1 aromatic heterocycles. The van der Waals surface area contributed by atoms with Gasteiger partial charge in [0.25, 0.3) is 0 Å². The lowest BCUT2D eigenvalue weighted by Gasteiger charge is -2.20. The highest BCUT2D eigenvalue weighted by Gasteiger charge is 2.12. The lowest BCUT2D eigenvalue weighted by Crippen LogP contribution is -2.21. The molecule has 0 fully saturated rings. The van der Waals surface area contributed by atoms with Crippen LogP contribution in [-0.4, -0.2) is 0 Å². The molecule has 0 amide bonds. The zero-order chi connectivity index (χ0) is 14.8. The van der Waals surface area contributed by atoms with Crippen LogP contribution in [-0.2, 0) is 0 Å². The molecular weight excluding hydrogens is 274 g/mol. The van der Waals surface area contributed by atoms with Crippen LogP contribution >= 0.6 is 11.3 Å². The molecular formula is C19H21NS. The smallest absolute Gasteiger partial charge is 0.0391 e. The number of hydrogen-bond donors (Lipinski definition) is 1. The fraction of sp³-hybridized carbons (Fsp3) is 0.263. The first-order valence-corrected chi connectivity index (χ1v) is 8.26. The quantitative estimate of drug-likeness (QED) is 0.658. The van der Waals surface area contributed by atoms with Crippen LogP contribution in [0.4, 0.5) is 0 Å². The maximum atomic E-state index is 3.70. The van der Waals surface area contributed by atoms with E-state index in [9.17, 15) is 0 Å². The normalized spacial score (nSPS) is 14.2. The second-order valence-electron chi connectivity index (χ2n) is 5.67. The molecule has 1 heterocycles. The standard InChI is InChI=1S/C19H21NS/c1-13-8-11-19(21-13)15(3)20-14(2)17-10-9-16-6-4-5-7-18(16)12-17/h4-12,14-15,20H,1-3H3.